The third kappa shape index (κ3) is 4.66. The molecule has 2 N–H and O–H groups in total. The van der Waals surface area contributed by atoms with Crippen LogP contribution in [0.1, 0.15) is 30.4 Å². The molecular formula is C23H27NO4. The van der Waals surface area contributed by atoms with Gasteiger partial charge in [-0.3, -0.25) is 9.59 Å². The second-order valence-corrected chi connectivity index (χ2v) is 7.18. The third-order valence-electron chi connectivity index (χ3n) is 5.34. The Kier molecular flexibility index (Phi) is 6.95. The van der Waals surface area contributed by atoms with Crippen LogP contribution >= 0.6 is 0 Å². The Morgan fingerprint density at radius 1 is 1.11 bits per heavy atom. The fourth-order valence-corrected chi connectivity index (χ4v) is 3.92. The molecule has 0 unspecified atom stereocenters. The molecule has 0 heterocycles. The molecule has 0 saturated heterocycles. The van der Waals surface area contributed by atoms with E-state index in [1.54, 1.807) is 6.92 Å². The first-order chi connectivity index (χ1) is 13.6. The maximum atomic E-state index is 13.2. The van der Waals surface area contributed by atoms with Gasteiger partial charge in [0, 0.05) is 19.0 Å². The number of aliphatic hydroxyl groups is 1. The highest BCUT2D eigenvalue weighted by atomic mass is 16.5. The highest BCUT2D eigenvalue weighted by Crippen LogP contribution is 2.39. The number of ketones is 1. The van der Waals surface area contributed by atoms with Gasteiger partial charge in [-0.2, -0.15) is 0 Å². The summed E-state index contributed by atoms with van der Waals surface area (Å²) < 4.78 is 5.20. The Bertz CT molecular complexity index is 778. The van der Waals surface area contributed by atoms with E-state index in [0.717, 1.165) is 11.1 Å². The molecule has 5 heteroatoms. The van der Waals surface area contributed by atoms with Gasteiger partial charge in [0.05, 0.1) is 18.6 Å². The van der Waals surface area contributed by atoms with Crippen molar-refractivity contribution in [3.8, 4) is 0 Å². The number of ether oxygens (including phenoxy) is 1. The van der Waals surface area contributed by atoms with Crippen molar-refractivity contribution in [1.29, 1.82) is 0 Å². The first-order valence-corrected chi connectivity index (χ1v) is 9.79. The highest BCUT2D eigenvalue weighted by Gasteiger charge is 2.47. The van der Waals surface area contributed by atoms with Crippen LogP contribution in [0.15, 0.2) is 60.7 Å². The largest absolute Gasteiger partial charge is 0.465 e. The molecule has 5 nitrogen and oxygen atoms in total. The minimum absolute atomic E-state index is 0.226. The number of rotatable bonds is 7. The van der Waals surface area contributed by atoms with Crippen molar-refractivity contribution in [2.45, 2.75) is 31.9 Å². The topological polar surface area (TPSA) is 75.6 Å². The Morgan fingerprint density at radius 2 is 1.75 bits per heavy atom. The molecule has 0 spiro atoms. The SMILES string of the molecule is CCOC(=O)[C@@H]1C(=O)[C@@H](CNCc2ccccc2)[C@H](O)C[C@H]1c1ccccc1. The van der Waals surface area contributed by atoms with E-state index in [1.165, 1.54) is 0 Å². The molecule has 2 aromatic rings. The molecule has 148 valence electrons. The van der Waals surface area contributed by atoms with Gasteiger partial charge < -0.3 is 15.2 Å². The van der Waals surface area contributed by atoms with Gasteiger partial charge in [0.15, 0.2) is 5.78 Å². The summed E-state index contributed by atoms with van der Waals surface area (Å²) in [5, 5.41) is 13.9. The minimum Gasteiger partial charge on any atom is -0.465 e. The molecule has 28 heavy (non-hydrogen) atoms. The fraction of sp³-hybridized carbons (Fsp3) is 0.391. The molecule has 4 atom stereocenters. The van der Waals surface area contributed by atoms with Crippen LogP contribution in [0, 0.1) is 11.8 Å². The first-order valence-electron chi connectivity index (χ1n) is 9.79. The number of hydrogen-bond donors (Lipinski definition) is 2. The van der Waals surface area contributed by atoms with E-state index in [2.05, 4.69) is 5.32 Å². The maximum absolute atomic E-state index is 13.2. The molecule has 0 aliphatic heterocycles. The van der Waals surface area contributed by atoms with Gasteiger partial charge in [-0.1, -0.05) is 60.7 Å². The van der Waals surface area contributed by atoms with Crippen molar-refractivity contribution in [3.63, 3.8) is 0 Å². The van der Waals surface area contributed by atoms with Crippen LogP contribution in [0.5, 0.6) is 0 Å². The predicted octanol–water partition coefficient (Wildman–Crippen LogP) is 2.69. The van der Waals surface area contributed by atoms with Crippen molar-refractivity contribution in [2.75, 3.05) is 13.2 Å². The van der Waals surface area contributed by atoms with E-state index in [-0.39, 0.29) is 18.3 Å². The van der Waals surface area contributed by atoms with Crippen molar-refractivity contribution in [2.24, 2.45) is 11.8 Å². The quantitative estimate of drug-likeness (QED) is 0.570. The molecule has 3 rings (SSSR count). The van der Waals surface area contributed by atoms with Crippen LogP contribution in [-0.4, -0.2) is 36.1 Å². The maximum Gasteiger partial charge on any atom is 0.317 e. The normalized spacial score (nSPS) is 24.7. The number of hydrogen-bond acceptors (Lipinski definition) is 5. The smallest absolute Gasteiger partial charge is 0.317 e. The predicted molar refractivity (Wildman–Crippen MR) is 107 cm³/mol. The number of carbonyl (C=O) groups is 2. The summed E-state index contributed by atoms with van der Waals surface area (Å²) in [6.45, 7) is 2.88. The molecule has 1 saturated carbocycles. The van der Waals surface area contributed by atoms with Crippen LogP contribution in [0.25, 0.3) is 0 Å². The van der Waals surface area contributed by atoms with Crippen LogP contribution in [0.4, 0.5) is 0 Å². The standard InChI is InChI=1S/C23H27NO4/c1-2-28-23(27)21-18(17-11-7-4-8-12-17)13-20(25)19(22(21)26)15-24-14-16-9-5-3-6-10-16/h3-12,18-21,24-25H,2,13-15H2,1H3/t18-,19-,20+,21-/m0/s1. The second-order valence-electron chi connectivity index (χ2n) is 7.18. The average Bonchev–Trinajstić information content (AvgIpc) is 2.71. The summed E-state index contributed by atoms with van der Waals surface area (Å²) in [6.07, 6.45) is -0.441. The molecule has 0 radical (unpaired) electrons. The fourth-order valence-electron chi connectivity index (χ4n) is 3.92. The summed E-state index contributed by atoms with van der Waals surface area (Å²) >= 11 is 0. The van der Waals surface area contributed by atoms with Gasteiger partial charge in [-0.15, -0.1) is 0 Å². The number of benzene rings is 2. The van der Waals surface area contributed by atoms with Crippen LogP contribution in [0.2, 0.25) is 0 Å². The summed E-state index contributed by atoms with van der Waals surface area (Å²) in [4.78, 5) is 25.8. The first kappa shape index (κ1) is 20.2. The van der Waals surface area contributed by atoms with Crippen molar-refractivity contribution < 1.29 is 19.4 Å². The summed E-state index contributed by atoms with van der Waals surface area (Å²) in [5.41, 5.74) is 1.98. The average molecular weight is 381 g/mol. The van der Waals surface area contributed by atoms with E-state index < -0.39 is 23.9 Å². The number of Topliss-reactive ketones (excluding diaryl/α,β-unsaturated/α-hetero) is 1. The Labute approximate surface area is 165 Å². The number of carbonyl (C=O) groups excluding carboxylic acids is 2. The highest BCUT2D eigenvalue weighted by molar-refractivity contribution is 6.02. The molecule has 0 aromatic heterocycles. The Morgan fingerprint density at radius 3 is 2.39 bits per heavy atom. The molecule has 1 aliphatic carbocycles. The molecule has 0 amide bonds. The monoisotopic (exact) mass is 381 g/mol. The lowest BCUT2D eigenvalue weighted by atomic mass is 9.69. The van der Waals surface area contributed by atoms with E-state index in [4.69, 9.17) is 4.74 Å². The lowest BCUT2D eigenvalue weighted by Gasteiger charge is -2.37. The van der Waals surface area contributed by atoms with Gasteiger partial charge in [0.2, 0.25) is 0 Å². The Balaban J connectivity index is 1.74. The van der Waals surface area contributed by atoms with Gasteiger partial charge >= 0.3 is 5.97 Å². The molecule has 0 bridgehead atoms. The zero-order valence-corrected chi connectivity index (χ0v) is 16.1. The van der Waals surface area contributed by atoms with Crippen molar-refractivity contribution in [3.05, 3.63) is 71.8 Å². The molecule has 1 aliphatic rings. The minimum atomic E-state index is -0.880. The zero-order chi connectivity index (χ0) is 19.9. The summed E-state index contributed by atoms with van der Waals surface area (Å²) in [6, 6.07) is 19.3. The number of esters is 1. The van der Waals surface area contributed by atoms with Gasteiger partial charge in [-0.05, 0) is 24.5 Å². The van der Waals surface area contributed by atoms with E-state index in [1.807, 2.05) is 60.7 Å². The molecule has 2 aromatic carbocycles. The summed E-state index contributed by atoms with van der Waals surface area (Å²) in [7, 11) is 0. The van der Waals surface area contributed by atoms with Crippen molar-refractivity contribution >= 4 is 11.8 Å². The van der Waals surface area contributed by atoms with Gasteiger partial charge in [0.1, 0.15) is 5.92 Å². The number of aliphatic hydroxyl groups excluding tert-OH is 1. The van der Waals surface area contributed by atoms with E-state index in [9.17, 15) is 14.7 Å². The molecule has 1 fully saturated rings. The van der Waals surface area contributed by atoms with Crippen molar-refractivity contribution in [1.82, 2.24) is 5.32 Å². The van der Waals surface area contributed by atoms with Gasteiger partial charge in [-0.25, -0.2) is 0 Å². The van der Waals surface area contributed by atoms with E-state index >= 15 is 0 Å². The Hall–Kier alpha value is -2.50. The number of nitrogens with one attached hydrogen (secondary N) is 1. The van der Waals surface area contributed by atoms with Gasteiger partial charge in [0.25, 0.3) is 0 Å². The molecular weight excluding hydrogens is 354 g/mol. The van der Waals surface area contributed by atoms with Crippen LogP contribution in [-0.2, 0) is 20.9 Å². The lowest BCUT2D eigenvalue weighted by molar-refractivity contribution is -0.157. The second kappa shape index (κ2) is 9.62. The van der Waals surface area contributed by atoms with Crippen LogP contribution < -0.4 is 5.32 Å². The zero-order valence-electron chi connectivity index (χ0n) is 16.1. The van der Waals surface area contributed by atoms with E-state index in [0.29, 0.717) is 19.5 Å². The van der Waals surface area contributed by atoms with Crippen LogP contribution in [0.3, 0.4) is 0 Å². The summed E-state index contributed by atoms with van der Waals surface area (Å²) in [5.74, 6) is -2.62. The lowest BCUT2D eigenvalue weighted by Crippen LogP contribution is -2.49. The third-order valence-corrected chi connectivity index (χ3v) is 5.34.